The molecule has 0 saturated carbocycles. The maximum Gasteiger partial charge on any atom is 0.172 e. The van der Waals surface area contributed by atoms with Crippen molar-refractivity contribution < 1.29 is 13.9 Å². The second kappa shape index (κ2) is 8.76. The number of benzene rings is 6. The molecule has 0 spiro atoms. The van der Waals surface area contributed by atoms with E-state index in [4.69, 9.17) is 13.9 Å². The Hall–Kier alpha value is -5.48. The van der Waals surface area contributed by atoms with Crippen molar-refractivity contribution in [3.8, 4) is 34.1 Å². The van der Waals surface area contributed by atoms with Crippen molar-refractivity contribution in [3.63, 3.8) is 0 Å². The van der Waals surface area contributed by atoms with E-state index in [1.54, 1.807) is 0 Å². The van der Waals surface area contributed by atoms with E-state index in [0.717, 1.165) is 39.0 Å². The molecule has 0 saturated heterocycles. The number of para-hydroxylation sites is 4. The van der Waals surface area contributed by atoms with Crippen molar-refractivity contribution in [2.75, 3.05) is 4.90 Å². The van der Waals surface area contributed by atoms with Crippen LogP contribution in [0, 0.1) is 0 Å². The van der Waals surface area contributed by atoms with Crippen LogP contribution in [-0.2, 0) is 5.41 Å². The van der Waals surface area contributed by atoms with E-state index < -0.39 is 0 Å². The van der Waals surface area contributed by atoms with Gasteiger partial charge in [-0.05, 0) is 70.8 Å². The first kappa shape index (κ1) is 24.2. The van der Waals surface area contributed by atoms with Gasteiger partial charge >= 0.3 is 0 Å². The summed E-state index contributed by atoms with van der Waals surface area (Å²) in [5.74, 6) is 2.78. The molecule has 0 amide bonds. The van der Waals surface area contributed by atoms with Gasteiger partial charge in [-0.2, -0.15) is 0 Å². The number of furan rings is 1. The summed E-state index contributed by atoms with van der Waals surface area (Å²) in [6.45, 7) is 4.63. The van der Waals surface area contributed by atoms with E-state index in [1.165, 1.54) is 22.3 Å². The Morgan fingerprint density at radius 2 is 1.16 bits per heavy atom. The van der Waals surface area contributed by atoms with Crippen LogP contribution in [0.3, 0.4) is 0 Å². The minimum Gasteiger partial charge on any atom is -0.454 e. The fourth-order valence-electron chi connectivity index (χ4n) is 6.82. The lowest BCUT2D eigenvalue weighted by Crippen LogP contribution is -2.16. The lowest BCUT2D eigenvalue weighted by atomic mass is 9.82. The molecule has 1 aromatic heterocycles. The van der Waals surface area contributed by atoms with Crippen LogP contribution in [0.15, 0.2) is 132 Å². The van der Waals surface area contributed by atoms with Crippen LogP contribution in [0.25, 0.3) is 33.1 Å². The molecule has 4 nitrogen and oxygen atoms in total. The number of hydrogen-bond acceptors (Lipinski definition) is 4. The van der Waals surface area contributed by atoms with Crippen molar-refractivity contribution in [1.29, 1.82) is 0 Å². The summed E-state index contributed by atoms with van der Waals surface area (Å²) in [6, 6.07) is 44.0. The molecule has 0 N–H and O–H groups in total. The molecule has 1 aliphatic carbocycles. The summed E-state index contributed by atoms with van der Waals surface area (Å²) in [5.41, 5.74) is 9.77. The van der Waals surface area contributed by atoms with Crippen LogP contribution < -0.4 is 14.4 Å². The largest absolute Gasteiger partial charge is 0.454 e. The van der Waals surface area contributed by atoms with E-state index in [9.17, 15) is 0 Å². The predicted octanol–water partition coefficient (Wildman–Crippen LogP) is 11.3. The van der Waals surface area contributed by atoms with Crippen LogP contribution >= 0.6 is 0 Å². The summed E-state index contributed by atoms with van der Waals surface area (Å²) >= 11 is 0. The lowest BCUT2D eigenvalue weighted by molar-refractivity contribution is 0.360. The quantitative estimate of drug-likeness (QED) is 0.216. The van der Waals surface area contributed by atoms with Gasteiger partial charge in [0.05, 0.1) is 11.4 Å². The highest BCUT2D eigenvalue weighted by molar-refractivity contribution is 6.10. The van der Waals surface area contributed by atoms with Crippen molar-refractivity contribution in [3.05, 3.63) is 139 Å². The van der Waals surface area contributed by atoms with Gasteiger partial charge < -0.3 is 18.8 Å². The number of rotatable bonds is 3. The summed E-state index contributed by atoms with van der Waals surface area (Å²) < 4.78 is 19.1. The summed E-state index contributed by atoms with van der Waals surface area (Å²) in [6.07, 6.45) is 0. The standard InChI is InChI=1S/C39H27NO3/c1-39(2)30-13-5-3-10-26(30)27-20-18-24(22-31(27)39)40(32-14-9-12-29-28-11-4-6-15-33(28)43-38(29)32)25-19-21-36-37(23-25)42-35-17-8-7-16-34(35)41-36/h3-23H,1-2H3. The van der Waals surface area contributed by atoms with E-state index in [1.807, 2.05) is 42.5 Å². The molecule has 9 rings (SSSR count). The number of hydrogen-bond donors (Lipinski definition) is 0. The Labute approximate surface area is 249 Å². The normalized spacial score (nSPS) is 13.9. The fraction of sp³-hybridized carbons (Fsp3) is 0.0769. The van der Waals surface area contributed by atoms with Gasteiger partial charge in [-0.1, -0.05) is 86.6 Å². The zero-order valence-electron chi connectivity index (χ0n) is 23.8. The van der Waals surface area contributed by atoms with Gasteiger partial charge in [0, 0.05) is 27.9 Å². The molecular formula is C39H27NO3. The molecule has 0 radical (unpaired) electrons. The number of nitrogens with zero attached hydrogens (tertiary/aromatic N) is 1. The average Bonchev–Trinajstić information content (AvgIpc) is 3.53. The predicted molar refractivity (Wildman–Crippen MR) is 173 cm³/mol. The topological polar surface area (TPSA) is 34.8 Å². The molecule has 0 unspecified atom stereocenters. The maximum atomic E-state index is 6.55. The van der Waals surface area contributed by atoms with Crippen molar-refractivity contribution in [1.82, 2.24) is 0 Å². The molecule has 2 aliphatic rings. The van der Waals surface area contributed by atoms with Gasteiger partial charge in [-0.25, -0.2) is 0 Å². The highest BCUT2D eigenvalue weighted by atomic mass is 16.6. The zero-order chi connectivity index (χ0) is 28.7. The maximum absolute atomic E-state index is 6.55. The number of fused-ring (bicyclic) bond motifs is 8. The first-order valence-electron chi connectivity index (χ1n) is 14.6. The first-order chi connectivity index (χ1) is 21.1. The Balaban J connectivity index is 1.27. The van der Waals surface area contributed by atoms with Gasteiger partial charge in [0.1, 0.15) is 5.58 Å². The molecular weight excluding hydrogens is 530 g/mol. The third kappa shape index (κ3) is 3.50. The van der Waals surface area contributed by atoms with Crippen LogP contribution in [-0.4, -0.2) is 0 Å². The Bertz CT molecular complexity index is 2240. The van der Waals surface area contributed by atoms with Crippen molar-refractivity contribution >= 4 is 39.0 Å². The van der Waals surface area contributed by atoms with Crippen LogP contribution in [0.2, 0.25) is 0 Å². The third-order valence-electron chi connectivity index (χ3n) is 8.92. The molecule has 43 heavy (non-hydrogen) atoms. The van der Waals surface area contributed by atoms with Gasteiger partial charge in [0.25, 0.3) is 0 Å². The van der Waals surface area contributed by atoms with Crippen molar-refractivity contribution in [2.45, 2.75) is 19.3 Å². The highest BCUT2D eigenvalue weighted by Crippen LogP contribution is 2.52. The summed E-state index contributed by atoms with van der Waals surface area (Å²) in [7, 11) is 0. The smallest absolute Gasteiger partial charge is 0.172 e. The fourth-order valence-corrected chi connectivity index (χ4v) is 6.82. The molecule has 7 aromatic rings. The molecule has 0 atom stereocenters. The molecule has 0 fully saturated rings. The molecule has 206 valence electrons. The molecule has 6 aromatic carbocycles. The van der Waals surface area contributed by atoms with Gasteiger partial charge in [0.15, 0.2) is 28.6 Å². The summed E-state index contributed by atoms with van der Waals surface area (Å²) in [4.78, 5) is 2.27. The van der Waals surface area contributed by atoms with Crippen LogP contribution in [0.5, 0.6) is 23.0 Å². The average molecular weight is 558 g/mol. The Kier molecular flexibility index (Phi) is 4.92. The second-order valence-electron chi connectivity index (χ2n) is 11.8. The Morgan fingerprint density at radius 1 is 0.512 bits per heavy atom. The van der Waals surface area contributed by atoms with Crippen LogP contribution in [0.4, 0.5) is 17.1 Å². The number of anilines is 3. The van der Waals surface area contributed by atoms with Gasteiger partial charge in [0.2, 0.25) is 0 Å². The summed E-state index contributed by atoms with van der Waals surface area (Å²) in [5, 5.41) is 2.18. The second-order valence-corrected chi connectivity index (χ2v) is 11.8. The molecule has 4 heteroatoms. The molecule has 0 bridgehead atoms. The minimum atomic E-state index is -0.129. The minimum absolute atomic E-state index is 0.129. The van der Waals surface area contributed by atoms with E-state index in [0.29, 0.717) is 23.0 Å². The van der Waals surface area contributed by atoms with E-state index in [2.05, 4.69) is 104 Å². The van der Waals surface area contributed by atoms with Gasteiger partial charge in [-0.3, -0.25) is 0 Å². The SMILES string of the molecule is CC1(C)c2ccccc2-c2ccc(N(c3ccc4c(c3)Oc3ccccc3O4)c3cccc4c3oc3ccccc34)cc21. The first-order valence-corrected chi connectivity index (χ1v) is 14.6. The van der Waals surface area contributed by atoms with Gasteiger partial charge in [-0.15, -0.1) is 0 Å². The van der Waals surface area contributed by atoms with E-state index in [-0.39, 0.29) is 5.41 Å². The number of ether oxygens (including phenoxy) is 2. The Morgan fingerprint density at radius 3 is 2.05 bits per heavy atom. The van der Waals surface area contributed by atoms with E-state index >= 15 is 0 Å². The lowest BCUT2D eigenvalue weighted by Gasteiger charge is -2.29. The monoisotopic (exact) mass is 557 g/mol. The molecule has 1 aliphatic heterocycles. The zero-order valence-corrected chi connectivity index (χ0v) is 23.8. The van der Waals surface area contributed by atoms with Crippen LogP contribution in [0.1, 0.15) is 25.0 Å². The highest BCUT2D eigenvalue weighted by Gasteiger charge is 2.36. The van der Waals surface area contributed by atoms with Crippen molar-refractivity contribution in [2.24, 2.45) is 0 Å². The third-order valence-corrected chi connectivity index (χ3v) is 8.92. The molecule has 2 heterocycles.